The molecule has 0 bridgehead atoms. The topological polar surface area (TPSA) is 71.2 Å². The van der Waals surface area contributed by atoms with Crippen molar-refractivity contribution in [3.05, 3.63) is 48.0 Å². The summed E-state index contributed by atoms with van der Waals surface area (Å²) in [5, 5.41) is 18.5. The third-order valence-electron chi connectivity index (χ3n) is 5.21. The quantitative estimate of drug-likeness (QED) is 0.169. The molecule has 1 unspecified atom stereocenters. The lowest BCUT2D eigenvalue weighted by Crippen LogP contribution is -2.16. The van der Waals surface area contributed by atoms with Gasteiger partial charge in [0.2, 0.25) is 0 Å². The maximum absolute atomic E-state index is 11.9. The van der Waals surface area contributed by atoms with Gasteiger partial charge in [-0.1, -0.05) is 65.0 Å². The Morgan fingerprint density at radius 2 is 1.67 bits per heavy atom. The highest BCUT2D eigenvalue weighted by molar-refractivity contribution is 5.75. The number of esters is 1. The monoisotopic (exact) mass is 410 g/mol. The smallest absolute Gasteiger partial charge is 0.314 e. The molecule has 162 valence electrons. The van der Waals surface area contributed by atoms with Gasteiger partial charge in [-0.3, -0.25) is 4.79 Å². The molecule has 2 rings (SSSR count). The first-order valence-electron chi connectivity index (χ1n) is 11.1. The van der Waals surface area contributed by atoms with E-state index in [2.05, 4.69) is 29.3 Å². The molecule has 2 aromatic carbocycles. The van der Waals surface area contributed by atoms with E-state index in [9.17, 15) is 9.90 Å². The lowest BCUT2D eigenvalue weighted by molar-refractivity contribution is -0.138. The summed E-state index contributed by atoms with van der Waals surface area (Å²) in [7, 11) is 0. The molecular weight excluding hydrogens is 376 g/mol. The van der Waals surface area contributed by atoms with Gasteiger partial charge in [-0.25, -0.2) is 0 Å². The van der Waals surface area contributed by atoms with Crippen molar-refractivity contribution in [3.8, 4) is 11.5 Å². The summed E-state index contributed by atoms with van der Waals surface area (Å²) in [6, 6.07) is 12.6. The van der Waals surface area contributed by atoms with Crippen molar-refractivity contribution >= 4 is 17.3 Å². The van der Waals surface area contributed by atoms with Crippen LogP contribution in [0.15, 0.2) is 52.7 Å². The number of unbranched alkanes of at least 4 members (excludes halogenated alkanes) is 5. The van der Waals surface area contributed by atoms with Gasteiger partial charge in [-0.15, -0.1) is 5.11 Å². The zero-order valence-corrected chi connectivity index (χ0v) is 18.4. The van der Waals surface area contributed by atoms with Crippen LogP contribution in [0.5, 0.6) is 11.5 Å². The number of rotatable bonds is 12. The lowest BCUT2D eigenvalue weighted by Gasteiger charge is -2.09. The second kappa shape index (κ2) is 12.8. The summed E-state index contributed by atoms with van der Waals surface area (Å²) in [5.41, 5.74) is 2.36. The fourth-order valence-electron chi connectivity index (χ4n) is 2.99. The van der Waals surface area contributed by atoms with Crippen molar-refractivity contribution in [1.29, 1.82) is 0 Å². The molecule has 5 nitrogen and oxygen atoms in total. The molecule has 30 heavy (non-hydrogen) atoms. The molecule has 0 aromatic heterocycles. The number of hydrogen-bond donors (Lipinski definition) is 1. The third-order valence-corrected chi connectivity index (χ3v) is 5.21. The van der Waals surface area contributed by atoms with E-state index in [4.69, 9.17) is 4.74 Å². The summed E-state index contributed by atoms with van der Waals surface area (Å²) < 4.78 is 5.27. The van der Waals surface area contributed by atoms with Crippen molar-refractivity contribution in [2.75, 3.05) is 0 Å². The molecule has 0 spiro atoms. The number of hydrogen-bond acceptors (Lipinski definition) is 5. The average Bonchev–Trinajstić information content (AvgIpc) is 2.75. The molecule has 0 heterocycles. The molecule has 0 fully saturated rings. The summed E-state index contributed by atoms with van der Waals surface area (Å²) in [6.07, 6.45) is 9.56. The SMILES string of the molecule is CCCCCCCCc1ccc(/N=N/c2ccc(OC(=O)C(C)CC)cc2O)cc1. The Hall–Kier alpha value is -2.69. The third kappa shape index (κ3) is 7.97. The van der Waals surface area contributed by atoms with Gasteiger partial charge < -0.3 is 9.84 Å². The van der Waals surface area contributed by atoms with Crippen LogP contribution in [0.1, 0.15) is 71.3 Å². The van der Waals surface area contributed by atoms with Crippen LogP contribution in [-0.2, 0) is 11.2 Å². The Bertz CT molecular complexity index is 816. The minimum absolute atomic E-state index is 0.0760. The van der Waals surface area contributed by atoms with E-state index < -0.39 is 0 Å². The molecule has 1 atom stereocenters. The first kappa shape index (κ1) is 23.6. The molecule has 2 aromatic rings. The highest BCUT2D eigenvalue weighted by Crippen LogP contribution is 2.32. The van der Waals surface area contributed by atoms with Crippen LogP contribution < -0.4 is 4.74 Å². The van der Waals surface area contributed by atoms with Gasteiger partial charge in [0.15, 0.2) is 0 Å². The van der Waals surface area contributed by atoms with E-state index in [-0.39, 0.29) is 17.6 Å². The number of phenols is 1. The Balaban J connectivity index is 1.87. The van der Waals surface area contributed by atoms with Crippen molar-refractivity contribution in [3.63, 3.8) is 0 Å². The highest BCUT2D eigenvalue weighted by atomic mass is 16.5. The minimum Gasteiger partial charge on any atom is -0.505 e. The first-order valence-corrected chi connectivity index (χ1v) is 11.1. The molecule has 0 aliphatic heterocycles. The number of ether oxygens (including phenoxy) is 1. The fourth-order valence-corrected chi connectivity index (χ4v) is 2.99. The Kier molecular flexibility index (Phi) is 10.1. The van der Waals surface area contributed by atoms with Gasteiger partial charge in [-0.05, 0) is 49.1 Å². The average molecular weight is 411 g/mol. The van der Waals surface area contributed by atoms with E-state index in [0.29, 0.717) is 17.9 Å². The largest absolute Gasteiger partial charge is 0.505 e. The number of phenolic OH excluding ortho intramolecular Hbond substituents is 1. The van der Waals surface area contributed by atoms with Crippen LogP contribution in [0.25, 0.3) is 0 Å². The van der Waals surface area contributed by atoms with Crippen molar-refractivity contribution in [2.45, 2.75) is 72.1 Å². The summed E-state index contributed by atoms with van der Waals surface area (Å²) in [5.74, 6) is -0.272. The standard InChI is InChI=1S/C25H34N2O3/c1-4-6-7-8-9-10-11-20-12-14-21(15-13-20)26-27-23-17-16-22(18-24(23)28)30-25(29)19(3)5-2/h12-19,28H,4-11H2,1-3H3/b27-26+. The molecule has 0 amide bonds. The van der Waals surface area contributed by atoms with Crippen molar-refractivity contribution in [1.82, 2.24) is 0 Å². The fraction of sp³-hybridized carbons (Fsp3) is 0.480. The number of nitrogens with zero attached hydrogens (tertiary/aromatic N) is 2. The second-order valence-electron chi connectivity index (χ2n) is 7.77. The Morgan fingerprint density at radius 1 is 0.967 bits per heavy atom. The van der Waals surface area contributed by atoms with Crippen LogP contribution in [0.2, 0.25) is 0 Å². The number of benzene rings is 2. The van der Waals surface area contributed by atoms with Gasteiger partial charge in [0.05, 0.1) is 11.6 Å². The highest BCUT2D eigenvalue weighted by Gasteiger charge is 2.14. The van der Waals surface area contributed by atoms with E-state index in [1.54, 1.807) is 12.1 Å². The van der Waals surface area contributed by atoms with Crippen LogP contribution in [0.3, 0.4) is 0 Å². The number of azo groups is 1. The maximum Gasteiger partial charge on any atom is 0.314 e. The molecule has 0 aliphatic carbocycles. The zero-order valence-electron chi connectivity index (χ0n) is 18.4. The zero-order chi connectivity index (χ0) is 21.8. The number of carbonyl (C=O) groups is 1. The van der Waals surface area contributed by atoms with E-state index in [1.165, 1.54) is 50.2 Å². The van der Waals surface area contributed by atoms with Gasteiger partial charge in [0.1, 0.15) is 17.2 Å². The molecule has 5 heteroatoms. The van der Waals surface area contributed by atoms with Gasteiger partial charge in [0.25, 0.3) is 0 Å². The van der Waals surface area contributed by atoms with Gasteiger partial charge in [0, 0.05) is 6.07 Å². The van der Waals surface area contributed by atoms with Crippen LogP contribution in [-0.4, -0.2) is 11.1 Å². The molecule has 1 N–H and O–H groups in total. The molecular formula is C25H34N2O3. The summed E-state index contributed by atoms with van der Waals surface area (Å²) >= 11 is 0. The van der Waals surface area contributed by atoms with Crippen LogP contribution in [0.4, 0.5) is 11.4 Å². The van der Waals surface area contributed by atoms with Gasteiger partial charge >= 0.3 is 5.97 Å². The lowest BCUT2D eigenvalue weighted by atomic mass is 10.0. The number of aromatic hydroxyl groups is 1. The predicted octanol–water partition coefficient (Wildman–Crippen LogP) is 7.66. The molecule has 0 saturated heterocycles. The van der Waals surface area contributed by atoms with E-state index in [0.717, 1.165) is 12.1 Å². The normalized spacial score (nSPS) is 12.2. The van der Waals surface area contributed by atoms with E-state index in [1.807, 2.05) is 26.0 Å². The molecule has 0 saturated carbocycles. The molecule has 0 radical (unpaired) electrons. The van der Waals surface area contributed by atoms with Gasteiger partial charge in [-0.2, -0.15) is 5.11 Å². The van der Waals surface area contributed by atoms with Crippen LogP contribution >= 0.6 is 0 Å². The van der Waals surface area contributed by atoms with Crippen molar-refractivity contribution < 1.29 is 14.6 Å². The summed E-state index contributed by atoms with van der Waals surface area (Å²) in [4.78, 5) is 11.9. The van der Waals surface area contributed by atoms with E-state index >= 15 is 0 Å². The number of carbonyl (C=O) groups excluding carboxylic acids is 1. The first-order chi connectivity index (χ1) is 14.5. The molecule has 0 aliphatic rings. The minimum atomic E-state index is -0.313. The van der Waals surface area contributed by atoms with Crippen molar-refractivity contribution in [2.24, 2.45) is 16.1 Å². The Morgan fingerprint density at radius 3 is 2.33 bits per heavy atom. The maximum atomic E-state index is 11.9. The van der Waals surface area contributed by atoms with Crippen LogP contribution in [0, 0.1) is 5.92 Å². The summed E-state index contributed by atoms with van der Waals surface area (Å²) in [6.45, 7) is 5.97. The number of aryl methyl sites for hydroxylation is 1. The second-order valence-corrected chi connectivity index (χ2v) is 7.77. The predicted molar refractivity (Wildman–Crippen MR) is 121 cm³/mol. The Labute approximate surface area is 180 Å².